The van der Waals surface area contributed by atoms with Gasteiger partial charge in [-0.2, -0.15) is 10.2 Å². The Morgan fingerprint density at radius 3 is 2.59 bits per heavy atom. The summed E-state index contributed by atoms with van der Waals surface area (Å²) < 4.78 is 0. The number of benzene rings is 1. The van der Waals surface area contributed by atoms with Crippen LogP contribution in [-0.4, -0.2) is 15.2 Å². The number of aromatic nitrogens is 2. The molecule has 1 aromatic heterocycles. The minimum absolute atomic E-state index is 0.408. The van der Waals surface area contributed by atoms with Crippen molar-refractivity contribution in [3.63, 3.8) is 0 Å². The van der Waals surface area contributed by atoms with E-state index in [2.05, 4.69) is 15.5 Å². The molecule has 4 nitrogen and oxygen atoms in total. The van der Waals surface area contributed by atoms with Crippen LogP contribution in [0.1, 0.15) is 11.3 Å². The van der Waals surface area contributed by atoms with Gasteiger partial charge in [0.2, 0.25) is 0 Å². The molecule has 86 valence electrons. The van der Waals surface area contributed by atoms with Gasteiger partial charge in [-0.05, 0) is 36.4 Å². The molecular weight excluding hydrogens is 232 g/mol. The summed E-state index contributed by atoms with van der Waals surface area (Å²) >= 11 is 4.89. The lowest BCUT2D eigenvalue weighted by Crippen LogP contribution is -2.09. The van der Waals surface area contributed by atoms with Crippen molar-refractivity contribution in [1.82, 2.24) is 10.2 Å². The van der Waals surface area contributed by atoms with Gasteiger partial charge in [-0.25, -0.2) is 0 Å². The third kappa shape index (κ3) is 3.22. The number of nitrogens with zero attached hydrogens (tertiary/aromatic N) is 2. The molecule has 0 saturated heterocycles. The minimum Gasteiger partial charge on any atom is -0.389 e. The van der Waals surface area contributed by atoms with Gasteiger partial charge in [0.25, 0.3) is 0 Å². The van der Waals surface area contributed by atoms with E-state index in [0.717, 1.165) is 16.9 Å². The molecule has 0 aliphatic heterocycles. The van der Waals surface area contributed by atoms with Crippen molar-refractivity contribution >= 4 is 22.9 Å². The van der Waals surface area contributed by atoms with Crippen molar-refractivity contribution in [3.05, 3.63) is 53.9 Å². The molecule has 0 aliphatic carbocycles. The lowest BCUT2D eigenvalue weighted by molar-refractivity contribution is 0.925. The van der Waals surface area contributed by atoms with Crippen LogP contribution in [0.25, 0.3) is 0 Å². The molecule has 2 aromatic rings. The van der Waals surface area contributed by atoms with E-state index in [1.807, 2.05) is 36.4 Å². The molecule has 0 radical (unpaired) electrons. The molecule has 0 fully saturated rings. The van der Waals surface area contributed by atoms with Gasteiger partial charge >= 0.3 is 0 Å². The average molecular weight is 244 g/mol. The van der Waals surface area contributed by atoms with Gasteiger partial charge in [-0.1, -0.05) is 12.2 Å². The Morgan fingerprint density at radius 2 is 2.00 bits per heavy atom. The standard InChI is InChI=1S/C12H12N4S/c13-12(17)9-3-5-10(6-4-9)14-8-11-2-1-7-15-16-11/h1-7,14H,8H2,(H2,13,17). The third-order valence-electron chi connectivity index (χ3n) is 2.27. The van der Waals surface area contributed by atoms with Gasteiger partial charge in [0.15, 0.2) is 0 Å². The lowest BCUT2D eigenvalue weighted by atomic mass is 10.2. The number of anilines is 1. The van der Waals surface area contributed by atoms with Crippen molar-refractivity contribution in [3.8, 4) is 0 Å². The van der Waals surface area contributed by atoms with Crippen LogP contribution in [0.3, 0.4) is 0 Å². The molecule has 17 heavy (non-hydrogen) atoms. The van der Waals surface area contributed by atoms with Gasteiger partial charge in [0.05, 0.1) is 12.2 Å². The summed E-state index contributed by atoms with van der Waals surface area (Å²) in [5.74, 6) is 0. The maximum Gasteiger partial charge on any atom is 0.103 e. The highest BCUT2D eigenvalue weighted by molar-refractivity contribution is 7.80. The van der Waals surface area contributed by atoms with Crippen LogP contribution >= 0.6 is 12.2 Å². The quantitative estimate of drug-likeness (QED) is 0.802. The Labute approximate surface area is 105 Å². The fourth-order valence-electron chi connectivity index (χ4n) is 1.37. The SMILES string of the molecule is NC(=S)c1ccc(NCc2cccnn2)cc1. The summed E-state index contributed by atoms with van der Waals surface area (Å²) in [5, 5.41) is 11.0. The van der Waals surface area contributed by atoms with Crippen LogP contribution in [0, 0.1) is 0 Å². The van der Waals surface area contributed by atoms with Crippen LogP contribution in [0.5, 0.6) is 0 Å². The molecule has 1 heterocycles. The molecule has 0 bridgehead atoms. The van der Waals surface area contributed by atoms with Crippen molar-refractivity contribution in [2.24, 2.45) is 5.73 Å². The van der Waals surface area contributed by atoms with Gasteiger partial charge in [0.1, 0.15) is 4.99 Å². The molecule has 0 amide bonds. The zero-order valence-electron chi connectivity index (χ0n) is 9.13. The number of hydrogen-bond acceptors (Lipinski definition) is 4. The van der Waals surface area contributed by atoms with Crippen LogP contribution in [0.2, 0.25) is 0 Å². The zero-order valence-corrected chi connectivity index (χ0v) is 9.95. The average Bonchev–Trinajstić information content (AvgIpc) is 2.38. The maximum absolute atomic E-state index is 5.52. The summed E-state index contributed by atoms with van der Waals surface area (Å²) in [6, 6.07) is 11.4. The molecule has 0 spiro atoms. The number of nitrogens with two attached hydrogens (primary N) is 1. The molecule has 0 unspecified atom stereocenters. The lowest BCUT2D eigenvalue weighted by Gasteiger charge is -2.06. The fraction of sp³-hybridized carbons (Fsp3) is 0.0833. The highest BCUT2D eigenvalue weighted by Gasteiger charge is 1.97. The monoisotopic (exact) mass is 244 g/mol. The highest BCUT2D eigenvalue weighted by atomic mass is 32.1. The second kappa shape index (κ2) is 5.36. The predicted octanol–water partition coefficient (Wildman–Crippen LogP) is 1.72. The van der Waals surface area contributed by atoms with E-state index in [4.69, 9.17) is 18.0 Å². The van der Waals surface area contributed by atoms with Crippen LogP contribution in [-0.2, 0) is 6.54 Å². The number of rotatable bonds is 4. The summed E-state index contributed by atoms with van der Waals surface area (Å²) in [4.78, 5) is 0.408. The topological polar surface area (TPSA) is 63.8 Å². The summed E-state index contributed by atoms with van der Waals surface area (Å²) in [7, 11) is 0. The van der Waals surface area contributed by atoms with Crippen molar-refractivity contribution in [2.75, 3.05) is 5.32 Å². The Hall–Kier alpha value is -2.01. The molecule has 2 rings (SSSR count). The normalized spacial score (nSPS) is 9.88. The van der Waals surface area contributed by atoms with Crippen LogP contribution in [0.15, 0.2) is 42.6 Å². The molecule has 0 atom stereocenters. The first-order valence-electron chi connectivity index (χ1n) is 5.16. The molecule has 0 aliphatic rings. The third-order valence-corrected chi connectivity index (χ3v) is 2.51. The Kier molecular flexibility index (Phi) is 3.62. The second-order valence-corrected chi connectivity index (χ2v) is 3.95. The summed E-state index contributed by atoms with van der Waals surface area (Å²) in [5.41, 5.74) is 8.28. The summed E-state index contributed by atoms with van der Waals surface area (Å²) in [6.45, 7) is 0.639. The number of thiocarbonyl (C=S) groups is 1. The Bertz CT molecular complexity index is 496. The summed E-state index contributed by atoms with van der Waals surface area (Å²) in [6.07, 6.45) is 1.65. The molecule has 5 heteroatoms. The van der Waals surface area contributed by atoms with Gasteiger partial charge in [0, 0.05) is 17.4 Å². The van der Waals surface area contributed by atoms with Crippen LogP contribution < -0.4 is 11.1 Å². The molecule has 1 aromatic carbocycles. The van der Waals surface area contributed by atoms with Gasteiger partial charge in [-0.3, -0.25) is 0 Å². The number of hydrogen-bond donors (Lipinski definition) is 2. The Balaban J connectivity index is 1.98. The van der Waals surface area contributed by atoms with Crippen LogP contribution in [0.4, 0.5) is 5.69 Å². The first-order chi connectivity index (χ1) is 8.25. The second-order valence-electron chi connectivity index (χ2n) is 3.51. The van der Waals surface area contributed by atoms with E-state index in [1.54, 1.807) is 6.20 Å². The van der Waals surface area contributed by atoms with E-state index >= 15 is 0 Å². The van der Waals surface area contributed by atoms with Gasteiger partial charge < -0.3 is 11.1 Å². The molecular formula is C12H12N4S. The van der Waals surface area contributed by atoms with Crippen molar-refractivity contribution in [2.45, 2.75) is 6.54 Å². The van der Waals surface area contributed by atoms with E-state index < -0.39 is 0 Å². The smallest absolute Gasteiger partial charge is 0.103 e. The first-order valence-corrected chi connectivity index (χ1v) is 5.57. The molecule has 0 saturated carbocycles. The van der Waals surface area contributed by atoms with Crippen molar-refractivity contribution < 1.29 is 0 Å². The van der Waals surface area contributed by atoms with E-state index in [0.29, 0.717) is 11.5 Å². The molecule has 3 N–H and O–H groups in total. The van der Waals surface area contributed by atoms with E-state index in [9.17, 15) is 0 Å². The maximum atomic E-state index is 5.52. The predicted molar refractivity (Wildman–Crippen MR) is 71.7 cm³/mol. The fourth-order valence-corrected chi connectivity index (χ4v) is 1.51. The largest absolute Gasteiger partial charge is 0.389 e. The zero-order chi connectivity index (χ0) is 12.1. The Morgan fingerprint density at radius 1 is 1.24 bits per heavy atom. The minimum atomic E-state index is 0.408. The number of nitrogens with one attached hydrogen (secondary N) is 1. The first kappa shape index (κ1) is 11.5. The van der Waals surface area contributed by atoms with Crippen molar-refractivity contribution in [1.29, 1.82) is 0 Å². The van der Waals surface area contributed by atoms with E-state index in [-0.39, 0.29) is 0 Å². The highest BCUT2D eigenvalue weighted by Crippen LogP contribution is 2.10. The van der Waals surface area contributed by atoms with Gasteiger partial charge in [-0.15, -0.1) is 0 Å². The van der Waals surface area contributed by atoms with E-state index in [1.165, 1.54) is 0 Å².